The minimum absolute atomic E-state index is 0.246. The van der Waals surface area contributed by atoms with E-state index in [0.717, 1.165) is 17.3 Å². The van der Waals surface area contributed by atoms with E-state index in [1.165, 1.54) is 56.6 Å². The van der Waals surface area contributed by atoms with Gasteiger partial charge in [0.2, 0.25) is 0 Å². The van der Waals surface area contributed by atoms with Crippen molar-refractivity contribution in [2.45, 2.75) is 24.3 Å². The Morgan fingerprint density at radius 1 is 1.12 bits per heavy atom. The molecule has 1 aromatic heterocycles. The Balaban J connectivity index is 1.47. The zero-order chi connectivity index (χ0) is 17.5. The van der Waals surface area contributed by atoms with Crippen molar-refractivity contribution in [2.24, 2.45) is 0 Å². The number of anilines is 1. The summed E-state index contributed by atoms with van der Waals surface area (Å²) in [6, 6.07) is 9.35. The second kappa shape index (κ2) is 8.97. The Hall–Kier alpha value is -1.92. The van der Waals surface area contributed by atoms with E-state index in [0.29, 0.717) is 11.3 Å². The summed E-state index contributed by atoms with van der Waals surface area (Å²) in [6.45, 7) is 3.49. The van der Waals surface area contributed by atoms with Crippen molar-refractivity contribution >= 4 is 23.4 Å². The molecule has 1 fully saturated rings. The summed E-state index contributed by atoms with van der Waals surface area (Å²) in [7, 11) is 0. The molecule has 1 aliphatic heterocycles. The van der Waals surface area contributed by atoms with Gasteiger partial charge in [-0.05, 0) is 62.3 Å². The molecule has 2 heterocycles. The highest BCUT2D eigenvalue weighted by molar-refractivity contribution is 7.99. The monoisotopic (exact) mass is 359 g/mol. The zero-order valence-electron chi connectivity index (χ0n) is 14.1. The topological polar surface area (TPSA) is 45.2 Å². The molecule has 3 rings (SSSR count). The van der Waals surface area contributed by atoms with Crippen molar-refractivity contribution in [3.63, 3.8) is 0 Å². The molecule has 0 saturated carbocycles. The molecular formula is C19H22FN3OS. The van der Waals surface area contributed by atoms with Gasteiger partial charge < -0.3 is 10.2 Å². The number of rotatable bonds is 6. The lowest BCUT2D eigenvalue weighted by Crippen LogP contribution is -2.31. The molecule has 0 bridgehead atoms. The number of hydrogen-bond donors (Lipinski definition) is 1. The van der Waals surface area contributed by atoms with Gasteiger partial charge in [0.1, 0.15) is 5.82 Å². The van der Waals surface area contributed by atoms with E-state index in [2.05, 4.69) is 15.2 Å². The second-order valence-corrected chi connectivity index (χ2v) is 7.21. The number of pyridine rings is 1. The van der Waals surface area contributed by atoms with E-state index in [4.69, 9.17) is 0 Å². The van der Waals surface area contributed by atoms with Crippen LogP contribution in [0.3, 0.4) is 0 Å². The van der Waals surface area contributed by atoms with E-state index in [9.17, 15) is 9.18 Å². The summed E-state index contributed by atoms with van der Waals surface area (Å²) in [4.78, 5) is 19.0. The first kappa shape index (κ1) is 17.9. The molecule has 1 saturated heterocycles. The third-order valence-electron chi connectivity index (χ3n) is 4.21. The Morgan fingerprint density at radius 3 is 2.56 bits per heavy atom. The van der Waals surface area contributed by atoms with Crippen LogP contribution >= 0.6 is 11.8 Å². The molecular weight excluding hydrogens is 337 g/mol. The number of carbonyl (C=O) groups is 1. The van der Waals surface area contributed by atoms with Crippen LogP contribution in [-0.4, -0.2) is 41.2 Å². The first-order valence-electron chi connectivity index (χ1n) is 8.59. The lowest BCUT2D eigenvalue weighted by atomic mass is 10.1. The Morgan fingerprint density at radius 2 is 1.88 bits per heavy atom. The maximum absolute atomic E-state index is 12.9. The van der Waals surface area contributed by atoms with Gasteiger partial charge >= 0.3 is 0 Å². The first-order valence-corrected chi connectivity index (χ1v) is 9.57. The predicted octanol–water partition coefficient (Wildman–Crippen LogP) is 4.05. The molecule has 1 N–H and O–H groups in total. The van der Waals surface area contributed by atoms with Crippen molar-refractivity contribution in [3.8, 4) is 0 Å². The van der Waals surface area contributed by atoms with Gasteiger partial charge in [0, 0.05) is 24.2 Å². The molecule has 4 nitrogen and oxygen atoms in total. The average molecular weight is 359 g/mol. The second-order valence-electron chi connectivity index (χ2n) is 6.10. The van der Waals surface area contributed by atoms with Crippen molar-refractivity contribution in [3.05, 3.63) is 54.0 Å². The van der Waals surface area contributed by atoms with Crippen LogP contribution in [0.1, 0.15) is 29.6 Å². The summed E-state index contributed by atoms with van der Waals surface area (Å²) in [5.41, 5.74) is 1.05. The van der Waals surface area contributed by atoms with Crippen molar-refractivity contribution in [2.75, 3.05) is 30.7 Å². The van der Waals surface area contributed by atoms with Crippen LogP contribution in [0.25, 0.3) is 0 Å². The molecule has 25 heavy (non-hydrogen) atoms. The molecule has 0 atom stereocenters. The molecule has 0 radical (unpaired) electrons. The Labute approximate surface area is 151 Å². The lowest BCUT2D eigenvalue weighted by molar-refractivity contribution is 0.102. The molecule has 6 heteroatoms. The van der Waals surface area contributed by atoms with Gasteiger partial charge in [-0.25, -0.2) is 9.37 Å². The summed E-state index contributed by atoms with van der Waals surface area (Å²) in [6.07, 6.45) is 5.55. The molecule has 1 aliphatic rings. The number of piperidine rings is 1. The van der Waals surface area contributed by atoms with Crippen LogP contribution in [0, 0.1) is 5.82 Å². The van der Waals surface area contributed by atoms with E-state index in [1.807, 2.05) is 6.07 Å². The molecule has 1 aromatic carbocycles. The highest BCUT2D eigenvalue weighted by Crippen LogP contribution is 2.17. The lowest BCUT2D eigenvalue weighted by Gasteiger charge is -2.25. The number of hydrogen-bond acceptors (Lipinski definition) is 4. The third-order valence-corrected chi connectivity index (χ3v) is 5.13. The average Bonchev–Trinajstić information content (AvgIpc) is 2.65. The number of likely N-dealkylation sites (tertiary alicyclic amines) is 1. The minimum atomic E-state index is -0.328. The fourth-order valence-electron chi connectivity index (χ4n) is 2.80. The van der Waals surface area contributed by atoms with Gasteiger partial charge in [-0.3, -0.25) is 4.79 Å². The van der Waals surface area contributed by atoms with Gasteiger partial charge in [0.15, 0.2) is 0 Å². The fraction of sp³-hybridized carbons (Fsp3) is 0.368. The number of benzene rings is 1. The van der Waals surface area contributed by atoms with Gasteiger partial charge in [0.05, 0.1) is 10.6 Å². The number of nitrogens with zero attached hydrogens (tertiary/aromatic N) is 2. The summed E-state index contributed by atoms with van der Waals surface area (Å²) in [5, 5.41) is 3.66. The first-order chi connectivity index (χ1) is 12.2. The van der Waals surface area contributed by atoms with E-state index < -0.39 is 0 Å². The zero-order valence-corrected chi connectivity index (χ0v) is 14.9. The number of nitrogens with one attached hydrogen (secondary N) is 1. The fourth-order valence-corrected chi connectivity index (χ4v) is 3.65. The van der Waals surface area contributed by atoms with Gasteiger partial charge in [0.25, 0.3) is 5.91 Å². The van der Waals surface area contributed by atoms with Crippen LogP contribution in [-0.2, 0) is 0 Å². The Bertz CT molecular complexity index is 685. The molecule has 0 unspecified atom stereocenters. The highest BCUT2D eigenvalue weighted by Gasteiger charge is 2.10. The van der Waals surface area contributed by atoms with Gasteiger partial charge in [-0.15, -0.1) is 11.8 Å². The van der Waals surface area contributed by atoms with Crippen LogP contribution in [0.5, 0.6) is 0 Å². The SMILES string of the molecule is O=C(Nc1ccc(F)cc1)c1ccc(SCCN2CCCCC2)nc1. The summed E-state index contributed by atoms with van der Waals surface area (Å²) < 4.78 is 12.9. The van der Waals surface area contributed by atoms with Crippen molar-refractivity contribution in [1.29, 1.82) is 0 Å². The van der Waals surface area contributed by atoms with E-state index >= 15 is 0 Å². The van der Waals surface area contributed by atoms with Crippen LogP contribution in [0.15, 0.2) is 47.6 Å². The van der Waals surface area contributed by atoms with Gasteiger partial charge in [-0.2, -0.15) is 0 Å². The summed E-state index contributed by atoms with van der Waals surface area (Å²) in [5.74, 6) is 0.434. The van der Waals surface area contributed by atoms with E-state index in [-0.39, 0.29) is 11.7 Å². The molecule has 132 valence electrons. The molecule has 0 aliphatic carbocycles. The van der Waals surface area contributed by atoms with Crippen molar-refractivity contribution in [1.82, 2.24) is 9.88 Å². The van der Waals surface area contributed by atoms with Crippen LogP contribution in [0.4, 0.5) is 10.1 Å². The number of amides is 1. The Kier molecular flexibility index (Phi) is 6.42. The largest absolute Gasteiger partial charge is 0.322 e. The predicted molar refractivity (Wildman–Crippen MR) is 99.6 cm³/mol. The maximum Gasteiger partial charge on any atom is 0.257 e. The number of halogens is 1. The van der Waals surface area contributed by atoms with Gasteiger partial charge in [-0.1, -0.05) is 6.42 Å². The highest BCUT2D eigenvalue weighted by atomic mass is 32.2. The molecule has 2 aromatic rings. The smallest absolute Gasteiger partial charge is 0.257 e. The summed E-state index contributed by atoms with van der Waals surface area (Å²) >= 11 is 1.71. The van der Waals surface area contributed by atoms with E-state index in [1.54, 1.807) is 24.0 Å². The number of thioether (sulfide) groups is 1. The van der Waals surface area contributed by atoms with Crippen LogP contribution < -0.4 is 5.32 Å². The molecule has 0 spiro atoms. The number of carbonyl (C=O) groups excluding carboxylic acids is 1. The maximum atomic E-state index is 12.9. The number of aromatic nitrogens is 1. The van der Waals surface area contributed by atoms with Crippen molar-refractivity contribution < 1.29 is 9.18 Å². The molecule has 1 amide bonds. The third kappa shape index (κ3) is 5.54. The standard InChI is InChI=1S/C19H22FN3OS/c20-16-5-7-17(8-6-16)22-19(24)15-4-9-18(21-14-15)25-13-12-23-10-2-1-3-11-23/h4-9,14H,1-3,10-13H2,(H,22,24). The minimum Gasteiger partial charge on any atom is -0.322 e. The van der Waals surface area contributed by atoms with Crippen LogP contribution in [0.2, 0.25) is 0 Å². The normalized spacial score (nSPS) is 15.1. The quantitative estimate of drug-likeness (QED) is 0.791.